The van der Waals surface area contributed by atoms with Gasteiger partial charge in [-0.1, -0.05) is 13.8 Å². The Kier molecular flexibility index (Phi) is 23.5. The molecule has 1 saturated heterocycles. The quantitative estimate of drug-likeness (QED) is 0.0436. The van der Waals surface area contributed by atoms with Crippen LogP contribution < -0.4 is 48.5 Å². The number of benzene rings is 2. The number of halogens is 1. The third kappa shape index (κ3) is 19.6. The Morgan fingerprint density at radius 3 is 1.88 bits per heavy atom. The second-order valence-electron chi connectivity index (χ2n) is 17.6. The van der Waals surface area contributed by atoms with Crippen molar-refractivity contribution in [2.75, 3.05) is 26.7 Å². The van der Waals surface area contributed by atoms with Crippen molar-refractivity contribution in [3.05, 3.63) is 59.9 Å². The van der Waals surface area contributed by atoms with E-state index in [0.717, 1.165) is 4.90 Å². The summed E-state index contributed by atoms with van der Waals surface area (Å²) in [5.41, 5.74) is 16.8. The van der Waals surface area contributed by atoms with E-state index in [2.05, 4.69) is 26.6 Å². The third-order valence-electron chi connectivity index (χ3n) is 11.3. The van der Waals surface area contributed by atoms with Crippen molar-refractivity contribution in [3.8, 4) is 11.5 Å². The summed E-state index contributed by atoms with van der Waals surface area (Å²) in [6.07, 6.45) is -2.24. The summed E-state index contributed by atoms with van der Waals surface area (Å²) in [6, 6.07) is 3.02. The molecule has 1 aliphatic heterocycles. The number of likely N-dealkylation sites (tertiary alicyclic amines) is 1. The Hall–Kier alpha value is -7.70. The zero-order valence-corrected chi connectivity index (χ0v) is 40.4. The van der Waals surface area contributed by atoms with Crippen LogP contribution in [0.1, 0.15) is 94.8 Å². The van der Waals surface area contributed by atoms with Gasteiger partial charge in [-0.25, -0.2) is 4.39 Å². The fraction of sp³-hybridized carbons (Fsp3) is 0.511. The Morgan fingerprint density at radius 2 is 1.32 bits per heavy atom. The summed E-state index contributed by atoms with van der Waals surface area (Å²) in [5, 5.41) is 31.2. The molecule has 1 heterocycles. The lowest BCUT2D eigenvalue weighted by Crippen LogP contribution is -2.60. The van der Waals surface area contributed by atoms with Crippen LogP contribution in [-0.4, -0.2) is 148 Å². The highest BCUT2D eigenvalue weighted by Gasteiger charge is 2.40. The molecule has 0 aliphatic carbocycles. The highest BCUT2D eigenvalue weighted by Crippen LogP contribution is 2.25. The lowest BCUT2D eigenvalue weighted by Gasteiger charge is -2.35. The van der Waals surface area contributed by atoms with Crippen molar-refractivity contribution in [3.63, 3.8) is 0 Å². The molecule has 2 aromatic rings. The van der Waals surface area contributed by atoms with Crippen LogP contribution in [0.2, 0.25) is 0 Å². The molecule has 25 heteroatoms. The van der Waals surface area contributed by atoms with Gasteiger partial charge in [-0.15, -0.1) is 0 Å². The molecular weight excluding hydrogens is 948 g/mol. The van der Waals surface area contributed by atoms with Crippen LogP contribution in [-0.2, 0) is 47.9 Å². The van der Waals surface area contributed by atoms with Gasteiger partial charge >= 0.3 is 11.9 Å². The summed E-state index contributed by atoms with van der Waals surface area (Å²) < 4.78 is 18.8. The number of hydrogen-bond acceptors (Lipinski definition) is 13. The molecular formula is C47H65FN10O14. The first-order valence-corrected chi connectivity index (χ1v) is 23.3. The van der Waals surface area contributed by atoms with Crippen molar-refractivity contribution in [2.45, 2.75) is 121 Å². The van der Waals surface area contributed by atoms with E-state index in [1.807, 2.05) is 0 Å². The molecule has 9 amide bonds. The molecule has 13 N–H and O–H groups in total. The van der Waals surface area contributed by atoms with E-state index >= 15 is 0 Å². The number of carboxylic acid groups (broad SMARTS) is 2. The standard InChI is InChI=1S/C47H65FN10O14/c1-26(2)22-35(46(70)57(3)36(16-17-40(62)63)47(71)58-21-5-6-29(58)23-37(50)59)56-43(67)32(18-19-49)54-45(69)34(25-41(64)65)55-44(68)33(24-38(51)60)53-39(61)7-4-20-52-42(66)27-8-12-30(13-9-27)72-31-14-10-28(48)11-15-31/h8-15,26,29,32-36H,4-7,16-25,49H2,1-3H3,(H2,50,59)(H2,51,60)(H,52,66)(H,53,61)(H,54,69)(H,55,68)(H,56,67)(H,62,63)(H,64,65)/t29-,32-,33-,34-,35-,36-/m0/s1. The molecule has 1 fully saturated rings. The van der Waals surface area contributed by atoms with E-state index in [4.69, 9.17) is 21.9 Å². The zero-order valence-electron chi connectivity index (χ0n) is 40.4. The minimum absolute atomic E-state index is 0.0000342. The molecule has 3 rings (SSSR count). The van der Waals surface area contributed by atoms with Gasteiger partial charge in [0.1, 0.15) is 47.5 Å². The van der Waals surface area contributed by atoms with Crippen LogP contribution >= 0.6 is 0 Å². The van der Waals surface area contributed by atoms with Crippen molar-refractivity contribution >= 4 is 65.1 Å². The van der Waals surface area contributed by atoms with Crippen molar-refractivity contribution in [1.29, 1.82) is 0 Å². The minimum Gasteiger partial charge on any atom is -0.481 e. The number of rotatable bonds is 30. The largest absolute Gasteiger partial charge is 0.481 e. The van der Waals surface area contributed by atoms with Gasteiger partial charge in [0.15, 0.2) is 0 Å². The maximum atomic E-state index is 14.2. The van der Waals surface area contributed by atoms with Gasteiger partial charge in [-0.05, 0) is 99.5 Å². The summed E-state index contributed by atoms with van der Waals surface area (Å²) in [4.78, 5) is 144. The molecule has 2 aromatic carbocycles. The number of nitrogens with one attached hydrogen (secondary N) is 5. The number of nitrogens with zero attached hydrogens (tertiary/aromatic N) is 2. The monoisotopic (exact) mass is 1010 g/mol. The highest BCUT2D eigenvalue weighted by atomic mass is 19.1. The number of nitrogens with two attached hydrogens (primary N) is 3. The van der Waals surface area contributed by atoms with Gasteiger partial charge in [0.05, 0.1) is 12.8 Å². The number of aliphatic carboxylic acids is 2. The van der Waals surface area contributed by atoms with Crippen LogP contribution in [0.4, 0.5) is 4.39 Å². The normalized spacial score (nSPS) is 15.1. The molecule has 0 radical (unpaired) electrons. The number of primary amides is 2. The highest BCUT2D eigenvalue weighted by molar-refractivity contribution is 5.98. The fourth-order valence-electron chi connectivity index (χ4n) is 7.78. The summed E-state index contributed by atoms with van der Waals surface area (Å²) in [7, 11) is 1.27. The third-order valence-corrected chi connectivity index (χ3v) is 11.3. The molecule has 0 spiro atoms. The number of likely N-dealkylation sites (N-methyl/N-ethyl adjacent to an activating group) is 1. The lowest BCUT2D eigenvalue weighted by atomic mass is 9.99. The van der Waals surface area contributed by atoms with Crippen LogP contribution in [0.3, 0.4) is 0 Å². The van der Waals surface area contributed by atoms with Crippen LogP contribution in [0.25, 0.3) is 0 Å². The number of carboxylic acids is 2. The number of carbonyl (C=O) groups excluding carboxylic acids is 9. The van der Waals surface area contributed by atoms with Gasteiger partial charge < -0.3 is 68.5 Å². The average Bonchev–Trinajstić information content (AvgIpc) is 3.77. The zero-order chi connectivity index (χ0) is 53.7. The van der Waals surface area contributed by atoms with Crippen molar-refractivity contribution in [2.24, 2.45) is 23.1 Å². The van der Waals surface area contributed by atoms with E-state index < -0.39 is 126 Å². The summed E-state index contributed by atoms with van der Waals surface area (Å²) in [5.74, 6) is -10.4. The van der Waals surface area contributed by atoms with Gasteiger partial charge in [-0.3, -0.25) is 52.7 Å². The number of hydrogen-bond donors (Lipinski definition) is 10. The van der Waals surface area contributed by atoms with Crippen molar-refractivity contribution in [1.82, 2.24) is 36.4 Å². The van der Waals surface area contributed by atoms with E-state index in [9.17, 15) is 67.3 Å². The van der Waals surface area contributed by atoms with E-state index in [1.54, 1.807) is 13.8 Å². The Morgan fingerprint density at radius 1 is 0.750 bits per heavy atom. The molecule has 1 aliphatic rings. The molecule has 0 aromatic heterocycles. The molecule has 0 unspecified atom stereocenters. The molecule has 394 valence electrons. The smallest absolute Gasteiger partial charge is 0.305 e. The maximum Gasteiger partial charge on any atom is 0.305 e. The molecule has 72 heavy (non-hydrogen) atoms. The SMILES string of the molecule is CC(C)C[C@H](NC(=O)[C@H](CCN)NC(=O)[C@H](CC(=O)O)NC(=O)[C@H](CC(N)=O)NC(=O)CCCNC(=O)c1ccc(Oc2ccc(F)cc2)cc1)C(=O)N(C)[C@@H](CCC(=O)O)C(=O)N1CCC[C@H]1CC(N)=O. The summed E-state index contributed by atoms with van der Waals surface area (Å²) in [6.45, 7) is 3.50. The van der Waals surface area contributed by atoms with Gasteiger partial charge in [0.2, 0.25) is 47.3 Å². The van der Waals surface area contributed by atoms with E-state index in [-0.39, 0.29) is 69.6 Å². The first-order valence-electron chi connectivity index (χ1n) is 23.3. The molecule has 6 atom stereocenters. The van der Waals surface area contributed by atoms with Gasteiger partial charge in [0, 0.05) is 51.0 Å². The lowest BCUT2D eigenvalue weighted by molar-refractivity contribution is -0.148. The fourth-order valence-corrected chi connectivity index (χ4v) is 7.78. The minimum atomic E-state index is -1.90. The second-order valence-corrected chi connectivity index (χ2v) is 17.6. The number of ether oxygens (including phenoxy) is 1. The van der Waals surface area contributed by atoms with Gasteiger partial charge in [0.25, 0.3) is 5.91 Å². The Bertz CT molecular complexity index is 2270. The van der Waals surface area contributed by atoms with E-state index in [1.165, 1.54) is 60.5 Å². The van der Waals surface area contributed by atoms with Gasteiger partial charge in [-0.2, -0.15) is 0 Å². The Balaban J connectivity index is 1.67. The van der Waals surface area contributed by atoms with E-state index in [0.29, 0.717) is 24.3 Å². The van der Waals surface area contributed by atoms with Crippen molar-refractivity contribution < 1.29 is 72.1 Å². The molecule has 0 bridgehead atoms. The predicted molar refractivity (Wildman–Crippen MR) is 253 cm³/mol. The second kappa shape index (κ2) is 28.8. The maximum absolute atomic E-state index is 14.2. The first-order chi connectivity index (χ1) is 34.0. The number of amides is 9. The average molecular weight is 1010 g/mol. The first kappa shape index (κ1) is 58.6. The Labute approximate surface area is 414 Å². The van der Waals surface area contributed by atoms with Crippen LogP contribution in [0.5, 0.6) is 11.5 Å². The predicted octanol–water partition coefficient (Wildman–Crippen LogP) is -0.630. The topological polar surface area (TPSA) is 382 Å². The number of carbonyl (C=O) groups is 11. The van der Waals surface area contributed by atoms with Crippen LogP contribution in [0, 0.1) is 11.7 Å². The van der Waals surface area contributed by atoms with Crippen LogP contribution in [0.15, 0.2) is 48.5 Å². The molecule has 0 saturated carbocycles. The molecule has 24 nitrogen and oxygen atoms in total. The summed E-state index contributed by atoms with van der Waals surface area (Å²) >= 11 is 0.